The summed E-state index contributed by atoms with van der Waals surface area (Å²) >= 11 is 0. The van der Waals surface area contributed by atoms with Gasteiger partial charge in [-0.05, 0) is 62.2 Å². The number of anilines is 3. The summed E-state index contributed by atoms with van der Waals surface area (Å²) in [5.41, 5.74) is 1.89. The Labute approximate surface area is 194 Å². The molecule has 0 atom stereocenters. The summed E-state index contributed by atoms with van der Waals surface area (Å²) < 4.78 is 33.1. The van der Waals surface area contributed by atoms with E-state index in [0.29, 0.717) is 49.4 Å². The topological polar surface area (TPSA) is 101 Å². The number of hydrogen-bond acceptors (Lipinski definition) is 8. The number of piperazine rings is 1. The minimum absolute atomic E-state index is 0.282. The maximum absolute atomic E-state index is 13.1. The average Bonchev–Trinajstić information content (AvgIpc) is 2.78. The number of hydrogen-bond donors (Lipinski definition) is 1. The molecule has 1 aromatic carbocycles. The predicted octanol–water partition coefficient (Wildman–Crippen LogP) is 3.06. The highest BCUT2D eigenvalue weighted by Gasteiger charge is 2.29. The summed E-state index contributed by atoms with van der Waals surface area (Å²) in [5.74, 6) is 3.42. The fourth-order valence-electron chi connectivity index (χ4n) is 3.83. The van der Waals surface area contributed by atoms with Crippen molar-refractivity contribution in [3.63, 3.8) is 0 Å². The zero-order valence-corrected chi connectivity index (χ0v) is 20.1. The molecular formula is C23H28N6O3S. The molecule has 0 radical (unpaired) electrons. The van der Waals surface area contributed by atoms with Gasteiger partial charge < -0.3 is 15.0 Å². The molecule has 33 heavy (non-hydrogen) atoms. The summed E-state index contributed by atoms with van der Waals surface area (Å²) in [7, 11) is -2.01. The van der Waals surface area contributed by atoms with Crippen molar-refractivity contribution < 1.29 is 13.2 Å². The lowest BCUT2D eigenvalue weighted by molar-refractivity contribution is 0.383. The number of methoxy groups -OCH3 is 1. The highest BCUT2D eigenvalue weighted by Crippen LogP contribution is 2.26. The van der Waals surface area contributed by atoms with Crippen LogP contribution in [0.4, 0.5) is 17.5 Å². The van der Waals surface area contributed by atoms with E-state index in [0.717, 1.165) is 16.9 Å². The van der Waals surface area contributed by atoms with Crippen LogP contribution in [-0.2, 0) is 10.0 Å². The Hall–Kier alpha value is -3.24. The molecule has 0 aliphatic carbocycles. The first-order chi connectivity index (χ1) is 15.8. The van der Waals surface area contributed by atoms with Crippen molar-refractivity contribution in [2.45, 2.75) is 25.7 Å². The lowest BCUT2D eigenvalue weighted by Gasteiger charge is -2.34. The SMILES string of the molecule is COc1ccc(S(=O)(=O)N2CCN(c3cc(Nc4cc(C)ccn4)nc(C)n3)CC2)cc1C. The Kier molecular flexibility index (Phi) is 6.48. The molecule has 1 fully saturated rings. The molecular weight excluding hydrogens is 440 g/mol. The van der Waals surface area contributed by atoms with Gasteiger partial charge in [-0.3, -0.25) is 0 Å². The van der Waals surface area contributed by atoms with Crippen molar-refractivity contribution in [1.29, 1.82) is 0 Å². The zero-order valence-electron chi connectivity index (χ0n) is 19.2. The van der Waals surface area contributed by atoms with Gasteiger partial charge in [-0.25, -0.2) is 23.4 Å². The van der Waals surface area contributed by atoms with Crippen LogP contribution in [0, 0.1) is 20.8 Å². The van der Waals surface area contributed by atoms with Crippen molar-refractivity contribution in [2.75, 3.05) is 43.5 Å². The quantitative estimate of drug-likeness (QED) is 0.589. The average molecular weight is 469 g/mol. The molecule has 1 aliphatic rings. The molecule has 0 unspecified atom stereocenters. The van der Waals surface area contributed by atoms with Gasteiger partial charge in [-0.15, -0.1) is 0 Å². The lowest BCUT2D eigenvalue weighted by atomic mass is 10.2. The fourth-order valence-corrected chi connectivity index (χ4v) is 5.34. The van der Waals surface area contributed by atoms with Crippen molar-refractivity contribution >= 4 is 27.5 Å². The molecule has 0 amide bonds. The van der Waals surface area contributed by atoms with Crippen LogP contribution in [0.5, 0.6) is 5.75 Å². The van der Waals surface area contributed by atoms with E-state index in [-0.39, 0.29) is 4.90 Å². The number of sulfonamides is 1. The van der Waals surface area contributed by atoms with Gasteiger partial charge in [0.25, 0.3) is 0 Å². The maximum atomic E-state index is 13.1. The smallest absolute Gasteiger partial charge is 0.243 e. The molecule has 1 saturated heterocycles. The molecule has 1 aliphatic heterocycles. The van der Waals surface area contributed by atoms with E-state index in [9.17, 15) is 8.42 Å². The fraction of sp³-hybridized carbons (Fsp3) is 0.348. The minimum Gasteiger partial charge on any atom is -0.496 e. The number of aryl methyl sites for hydroxylation is 3. The van der Waals surface area contributed by atoms with Crippen LogP contribution >= 0.6 is 0 Å². The van der Waals surface area contributed by atoms with Gasteiger partial charge in [0.15, 0.2) is 0 Å². The molecule has 0 bridgehead atoms. The number of nitrogens with one attached hydrogen (secondary N) is 1. The second-order valence-electron chi connectivity index (χ2n) is 8.02. The second kappa shape index (κ2) is 9.32. The van der Waals surface area contributed by atoms with Gasteiger partial charge in [0.2, 0.25) is 10.0 Å². The van der Waals surface area contributed by atoms with E-state index in [1.165, 1.54) is 4.31 Å². The highest BCUT2D eigenvalue weighted by molar-refractivity contribution is 7.89. The molecule has 3 heterocycles. The molecule has 174 valence electrons. The second-order valence-corrected chi connectivity index (χ2v) is 9.96. The van der Waals surface area contributed by atoms with Gasteiger partial charge >= 0.3 is 0 Å². The Bertz CT molecular complexity index is 1260. The van der Waals surface area contributed by atoms with Crippen LogP contribution in [0.2, 0.25) is 0 Å². The summed E-state index contributed by atoms with van der Waals surface area (Å²) in [6.45, 7) is 7.50. The Morgan fingerprint density at radius 1 is 0.939 bits per heavy atom. The monoisotopic (exact) mass is 468 g/mol. The van der Waals surface area contributed by atoms with Crippen LogP contribution in [-0.4, -0.2) is 61.0 Å². The van der Waals surface area contributed by atoms with Crippen molar-refractivity contribution in [3.8, 4) is 5.75 Å². The summed E-state index contributed by atoms with van der Waals surface area (Å²) in [4.78, 5) is 15.7. The van der Waals surface area contributed by atoms with Gasteiger partial charge in [0.1, 0.15) is 29.0 Å². The van der Waals surface area contributed by atoms with Gasteiger partial charge in [0.05, 0.1) is 12.0 Å². The first-order valence-corrected chi connectivity index (χ1v) is 12.2. The van der Waals surface area contributed by atoms with Crippen LogP contribution in [0.25, 0.3) is 0 Å². The zero-order chi connectivity index (χ0) is 23.6. The number of ether oxygens (including phenoxy) is 1. The van der Waals surface area contributed by atoms with Gasteiger partial charge in [-0.2, -0.15) is 4.31 Å². The van der Waals surface area contributed by atoms with Crippen LogP contribution in [0.3, 0.4) is 0 Å². The first-order valence-electron chi connectivity index (χ1n) is 10.7. The molecule has 0 saturated carbocycles. The lowest BCUT2D eigenvalue weighted by Crippen LogP contribution is -2.49. The minimum atomic E-state index is -3.58. The van der Waals surface area contributed by atoms with Crippen molar-refractivity contribution in [3.05, 3.63) is 59.5 Å². The Morgan fingerprint density at radius 2 is 1.70 bits per heavy atom. The van der Waals surface area contributed by atoms with Crippen molar-refractivity contribution in [1.82, 2.24) is 19.3 Å². The number of aromatic nitrogens is 3. The Balaban J connectivity index is 1.47. The van der Waals surface area contributed by atoms with Gasteiger partial charge in [0, 0.05) is 38.4 Å². The number of rotatable bonds is 6. The molecule has 10 heteroatoms. The molecule has 4 rings (SSSR count). The normalized spacial score (nSPS) is 14.8. The first kappa shape index (κ1) is 22.9. The molecule has 9 nitrogen and oxygen atoms in total. The molecule has 0 spiro atoms. The van der Waals surface area contributed by atoms with E-state index in [1.54, 1.807) is 31.5 Å². The summed E-state index contributed by atoms with van der Waals surface area (Å²) in [6, 6.07) is 10.7. The van der Waals surface area contributed by atoms with E-state index >= 15 is 0 Å². The van der Waals surface area contributed by atoms with Crippen LogP contribution < -0.4 is 15.0 Å². The number of benzene rings is 1. The molecule has 2 aromatic heterocycles. The number of pyridine rings is 1. The number of nitrogens with zero attached hydrogens (tertiary/aromatic N) is 5. The van der Waals surface area contributed by atoms with Crippen LogP contribution in [0.1, 0.15) is 17.0 Å². The van der Waals surface area contributed by atoms with E-state index in [4.69, 9.17) is 4.74 Å². The van der Waals surface area contributed by atoms with Crippen LogP contribution in [0.15, 0.2) is 47.5 Å². The molecule has 3 aromatic rings. The van der Waals surface area contributed by atoms with Gasteiger partial charge in [-0.1, -0.05) is 0 Å². The van der Waals surface area contributed by atoms with Crippen molar-refractivity contribution in [2.24, 2.45) is 0 Å². The summed E-state index contributed by atoms with van der Waals surface area (Å²) in [5, 5.41) is 3.23. The maximum Gasteiger partial charge on any atom is 0.243 e. The van der Waals surface area contributed by atoms with E-state index in [2.05, 4.69) is 25.2 Å². The standard InChI is InChI=1S/C23H28N6O3S/c1-16-7-8-24-21(13-16)27-22-15-23(26-18(3)25-22)28-9-11-29(12-10-28)33(30,31)19-5-6-20(32-4)17(2)14-19/h5-8,13-15H,9-12H2,1-4H3,(H,24,25,26,27). The summed E-state index contributed by atoms with van der Waals surface area (Å²) in [6.07, 6.45) is 1.75. The highest BCUT2D eigenvalue weighted by atomic mass is 32.2. The third kappa shape index (κ3) is 5.07. The predicted molar refractivity (Wildman–Crippen MR) is 128 cm³/mol. The van der Waals surface area contributed by atoms with E-state index in [1.807, 2.05) is 39.0 Å². The molecule has 1 N–H and O–H groups in total. The third-order valence-electron chi connectivity index (χ3n) is 5.56. The Morgan fingerprint density at radius 3 is 2.36 bits per heavy atom. The third-order valence-corrected chi connectivity index (χ3v) is 7.46. The largest absolute Gasteiger partial charge is 0.496 e. The van der Waals surface area contributed by atoms with E-state index < -0.39 is 10.0 Å².